The molecule has 0 fully saturated rings. The van der Waals surface area contributed by atoms with Gasteiger partial charge in [0.15, 0.2) is 0 Å². The second-order valence-electron chi connectivity index (χ2n) is 5.40. The molecule has 7 nitrogen and oxygen atoms in total. The summed E-state index contributed by atoms with van der Waals surface area (Å²) in [4.78, 5) is 32.4. The van der Waals surface area contributed by atoms with Crippen molar-refractivity contribution in [2.75, 3.05) is 0 Å². The molecule has 0 heterocycles. The smallest absolute Gasteiger partial charge is 0.307 e. The van der Waals surface area contributed by atoms with Crippen LogP contribution in [0.4, 0.5) is 0 Å². The molecule has 0 bridgehead atoms. The number of carboxylic acids is 2. The molecule has 1 rings (SSSR count). The first-order chi connectivity index (χ1) is 10.7. The van der Waals surface area contributed by atoms with Crippen molar-refractivity contribution in [1.82, 2.24) is 0 Å². The second kappa shape index (κ2) is 8.13. The van der Waals surface area contributed by atoms with Crippen LogP contribution in [0.2, 0.25) is 0 Å². The lowest BCUT2D eigenvalue weighted by molar-refractivity contribution is -0.143. The number of hydrogen-bond donors (Lipinski definition) is 4. The molecule has 0 spiro atoms. The van der Waals surface area contributed by atoms with E-state index in [0.29, 0.717) is 0 Å². The quantitative estimate of drug-likeness (QED) is 0.506. The van der Waals surface area contributed by atoms with Crippen LogP contribution in [0.5, 0.6) is 5.75 Å². The van der Waals surface area contributed by atoms with E-state index < -0.39 is 30.9 Å². The lowest BCUT2D eigenvalue weighted by Crippen LogP contribution is -2.29. The SMILES string of the molecule is CCC(C(CCC(=O)O)C(=O)O)P(=O)(O)Cc1ccccc1O. The molecule has 0 saturated carbocycles. The monoisotopic (exact) mass is 344 g/mol. The average Bonchev–Trinajstić information content (AvgIpc) is 2.44. The normalized spacial score (nSPS) is 16.3. The molecule has 0 saturated heterocycles. The number of para-hydroxylation sites is 1. The summed E-state index contributed by atoms with van der Waals surface area (Å²) in [6.45, 7) is 1.59. The fourth-order valence-electron chi connectivity index (χ4n) is 2.62. The number of aliphatic carboxylic acids is 2. The molecule has 0 aliphatic rings. The molecule has 4 N–H and O–H groups in total. The Morgan fingerprint density at radius 3 is 2.30 bits per heavy atom. The predicted molar refractivity (Wildman–Crippen MR) is 83.7 cm³/mol. The van der Waals surface area contributed by atoms with E-state index in [-0.39, 0.29) is 36.7 Å². The minimum Gasteiger partial charge on any atom is -0.508 e. The number of benzene rings is 1. The highest BCUT2D eigenvalue weighted by molar-refractivity contribution is 7.58. The summed E-state index contributed by atoms with van der Waals surface area (Å²) in [6.07, 6.45) is -0.828. The van der Waals surface area contributed by atoms with Crippen molar-refractivity contribution < 1.29 is 34.4 Å². The van der Waals surface area contributed by atoms with Crippen molar-refractivity contribution in [1.29, 1.82) is 0 Å². The van der Waals surface area contributed by atoms with E-state index in [4.69, 9.17) is 5.11 Å². The Balaban J connectivity index is 3.03. The van der Waals surface area contributed by atoms with Crippen molar-refractivity contribution in [3.63, 3.8) is 0 Å². The molecule has 0 aliphatic carbocycles. The van der Waals surface area contributed by atoms with Crippen molar-refractivity contribution in [3.8, 4) is 5.75 Å². The van der Waals surface area contributed by atoms with E-state index in [1.807, 2.05) is 0 Å². The van der Waals surface area contributed by atoms with Crippen molar-refractivity contribution >= 4 is 19.3 Å². The van der Waals surface area contributed by atoms with E-state index in [1.165, 1.54) is 12.1 Å². The molecule has 128 valence electrons. The van der Waals surface area contributed by atoms with Gasteiger partial charge in [-0.25, -0.2) is 0 Å². The zero-order chi connectivity index (χ0) is 17.6. The van der Waals surface area contributed by atoms with E-state index >= 15 is 0 Å². The Bertz CT molecular complexity index is 614. The summed E-state index contributed by atoms with van der Waals surface area (Å²) in [5.41, 5.74) is -0.807. The summed E-state index contributed by atoms with van der Waals surface area (Å²) < 4.78 is 12.7. The molecule has 1 aromatic carbocycles. The minimum atomic E-state index is -3.96. The van der Waals surface area contributed by atoms with Crippen LogP contribution in [0, 0.1) is 5.92 Å². The molecule has 3 atom stereocenters. The van der Waals surface area contributed by atoms with Crippen molar-refractivity contribution in [2.45, 2.75) is 38.0 Å². The first kappa shape index (κ1) is 19.2. The maximum atomic E-state index is 12.7. The number of rotatable bonds is 9. The second-order valence-corrected chi connectivity index (χ2v) is 7.89. The number of phenols is 1. The predicted octanol–water partition coefficient (Wildman–Crippen LogP) is 2.51. The number of hydrogen-bond acceptors (Lipinski definition) is 4. The Labute approximate surface area is 134 Å². The van der Waals surface area contributed by atoms with Crippen LogP contribution in [0.3, 0.4) is 0 Å². The summed E-state index contributed by atoms with van der Waals surface area (Å²) in [5, 5.41) is 27.7. The third-order valence-corrected chi connectivity index (χ3v) is 6.33. The zero-order valence-electron chi connectivity index (χ0n) is 12.8. The first-order valence-electron chi connectivity index (χ1n) is 7.22. The van der Waals surface area contributed by atoms with Gasteiger partial charge in [0.25, 0.3) is 0 Å². The topological polar surface area (TPSA) is 132 Å². The van der Waals surface area contributed by atoms with Crippen LogP contribution < -0.4 is 0 Å². The molecule has 1 aromatic rings. The molecule has 0 aromatic heterocycles. The maximum Gasteiger partial charge on any atom is 0.307 e. The van der Waals surface area contributed by atoms with Gasteiger partial charge in [0.05, 0.1) is 12.1 Å². The molecular formula is C15H21O7P. The lowest BCUT2D eigenvalue weighted by atomic mass is 9.97. The van der Waals surface area contributed by atoms with Gasteiger partial charge in [-0.2, -0.15) is 0 Å². The van der Waals surface area contributed by atoms with Crippen LogP contribution in [-0.4, -0.2) is 37.8 Å². The van der Waals surface area contributed by atoms with E-state index in [9.17, 15) is 29.3 Å². The molecular weight excluding hydrogens is 323 g/mol. The van der Waals surface area contributed by atoms with E-state index in [0.717, 1.165) is 0 Å². The summed E-state index contributed by atoms with van der Waals surface area (Å²) in [6, 6.07) is 6.06. The van der Waals surface area contributed by atoms with E-state index in [2.05, 4.69) is 0 Å². The zero-order valence-corrected chi connectivity index (χ0v) is 13.6. The van der Waals surface area contributed by atoms with Gasteiger partial charge in [-0.3, -0.25) is 14.2 Å². The summed E-state index contributed by atoms with van der Waals surface area (Å²) >= 11 is 0. The third kappa shape index (κ3) is 5.37. The van der Waals surface area contributed by atoms with Gasteiger partial charge in [0.1, 0.15) is 5.75 Å². The van der Waals surface area contributed by atoms with Gasteiger partial charge in [0.2, 0.25) is 7.37 Å². The van der Waals surface area contributed by atoms with E-state index in [1.54, 1.807) is 19.1 Å². The van der Waals surface area contributed by atoms with Crippen molar-refractivity contribution in [3.05, 3.63) is 29.8 Å². The van der Waals surface area contributed by atoms with Gasteiger partial charge in [-0.05, 0) is 18.9 Å². The van der Waals surface area contributed by atoms with Crippen LogP contribution in [0.25, 0.3) is 0 Å². The Morgan fingerprint density at radius 1 is 1.22 bits per heavy atom. The first-order valence-corrected chi connectivity index (χ1v) is 9.13. The van der Waals surface area contributed by atoms with Crippen LogP contribution in [0.15, 0.2) is 24.3 Å². The van der Waals surface area contributed by atoms with Gasteiger partial charge >= 0.3 is 11.9 Å². The van der Waals surface area contributed by atoms with Gasteiger partial charge < -0.3 is 20.2 Å². The molecule has 0 aliphatic heterocycles. The Morgan fingerprint density at radius 2 is 1.83 bits per heavy atom. The third-order valence-electron chi connectivity index (χ3n) is 3.78. The van der Waals surface area contributed by atoms with Gasteiger partial charge in [0, 0.05) is 17.6 Å². The molecule has 0 amide bonds. The fourth-order valence-corrected chi connectivity index (χ4v) is 5.02. The molecule has 8 heteroatoms. The average molecular weight is 344 g/mol. The van der Waals surface area contributed by atoms with Crippen LogP contribution in [0.1, 0.15) is 31.7 Å². The lowest BCUT2D eigenvalue weighted by Gasteiger charge is -2.27. The number of carbonyl (C=O) groups is 2. The highest BCUT2D eigenvalue weighted by atomic mass is 31.2. The van der Waals surface area contributed by atoms with Gasteiger partial charge in [-0.1, -0.05) is 25.1 Å². The summed E-state index contributed by atoms with van der Waals surface area (Å²) in [5.74, 6) is -3.80. The molecule has 3 unspecified atom stereocenters. The Kier molecular flexibility index (Phi) is 6.79. The highest BCUT2D eigenvalue weighted by Crippen LogP contribution is 2.55. The molecule has 0 radical (unpaired) electrons. The highest BCUT2D eigenvalue weighted by Gasteiger charge is 2.40. The van der Waals surface area contributed by atoms with Crippen LogP contribution in [-0.2, 0) is 20.3 Å². The summed E-state index contributed by atoms with van der Waals surface area (Å²) in [7, 11) is -3.96. The Hall–Kier alpha value is -1.85. The molecule has 23 heavy (non-hydrogen) atoms. The largest absolute Gasteiger partial charge is 0.508 e. The number of carboxylic acid groups (broad SMARTS) is 2. The van der Waals surface area contributed by atoms with Crippen molar-refractivity contribution in [2.24, 2.45) is 5.92 Å². The maximum absolute atomic E-state index is 12.7. The minimum absolute atomic E-state index is 0.123. The van der Waals surface area contributed by atoms with Crippen LogP contribution >= 0.6 is 7.37 Å². The number of phenolic OH excluding ortho intramolecular Hbond substituents is 1. The fraction of sp³-hybridized carbons (Fsp3) is 0.467. The standard InChI is InChI=1S/C15H21O7P/c1-2-13(11(15(19)20)7-8-14(17)18)23(21,22)9-10-5-3-4-6-12(10)16/h3-6,11,13,16H,2,7-9H2,1H3,(H,17,18)(H,19,20)(H,21,22). The number of aromatic hydroxyl groups is 1. The van der Waals surface area contributed by atoms with Gasteiger partial charge in [-0.15, -0.1) is 0 Å².